The smallest absolute Gasteiger partial charge is 0.102 e. The Kier molecular flexibility index (Phi) is 11.3. The summed E-state index contributed by atoms with van der Waals surface area (Å²) in [6, 6.07) is 0. The topological polar surface area (TPSA) is 75.7 Å². The Morgan fingerprint density at radius 2 is 1.52 bits per heavy atom. The van der Waals surface area contributed by atoms with Crippen molar-refractivity contribution in [2.24, 2.45) is 0 Å². The van der Waals surface area contributed by atoms with Gasteiger partial charge in [-0.15, -0.1) is 0 Å². The molecule has 0 fully saturated rings. The molecule has 0 heterocycles. The van der Waals surface area contributed by atoms with Gasteiger partial charge in [0.05, 0.1) is 50.1 Å². The Morgan fingerprint density at radius 1 is 0.905 bits per heavy atom. The molecule has 0 aliphatic carbocycles. The fourth-order valence-electron chi connectivity index (χ4n) is 2.25. The standard InChI is InChI=1S/C14H31NO5S/c1-4-7-15(3,8-6-14-21(16,17)18)9-11-20-13-12-19-10-5-2/h4-14H2,1-3H3. The minimum absolute atomic E-state index is 0.281. The molecule has 1 unspecified atom stereocenters. The predicted molar refractivity (Wildman–Crippen MR) is 82.2 cm³/mol. The molecule has 7 heteroatoms. The van der Waals surface area contributed by atoms with Crippen molar-refractivity contribution in [1.29, 1.82) is 0 Å². The first-order valence-corrected chi connectivity index (χ1v) is 9.33. The maximum atomic E-state index is 10.7. The van der Waals surface area contributed by atoms with Gasteiger partial charge in [-0.2, -0.15) is 0 Å². The fourth-order valence-corrected chi connectivity index (χ4v) is 2.73. The van der Waals surface area contributed by atoms with Crippen LogP contribution in [0.1, 0.15) is 33.1 Å². The van der Waals surface area contributed by atoms with Gasteiger partial charge in [0.25, 0.3) is 0 Å². The molecule has 0 N–H and O–H groups in total. The Labute approximate surface area is 129 Å². The van der Waals surface area contributed by atoms with Crippen molar-refractivity contribution in [1.82, 2.24) is 0 Å². The van der Waals surface area contributed by atoms with Crippen LogP contribution in [0.4, 0.5) is 0 Å². The van der Waals surface area contributed by atoms with E-state index >= 15 is 0 Å². The normalized spacial score (nSPS) is 15.0. The summed E-state index contributed by atoms with van der Waals surface area (Å²) in [5, 5.41) is 0. The molecule has 0 rings (SSSR count). The van der Waals surface area contributed by atoms with Gasteiger partial charge in [0.1, 0.15) is 6.54 Å². The number of likely N-dealkylation sites (N-methyl/N-ethyl adjacent to an activating group) is 1. The first-order valence-electron chi connectivity index (χ1n) is 7.75. The second-order valence-electron chi connectivity index (χ2n) is 5.63. The molecule has 0 aromatic heterocycles. The first-order chi connectivity index (χ1) is 9.83. The van der Waals surface area contributed by atoms with E-state index in [0.29, 0.717) is 32.8 Å². The third-order valence-electron chi connectivity index (χ3n) is 3.35. The molecule has 0 aliphatic heterocycles. The summed E-state index contributed by atoms with van der Waals surface area (Å²) in [5.41, 5.74) is 0. The molecule has 6 nitrogen and oxygen atoms in total. The van der Waals surface area contributed by atoms with Crippen LogP contribution in [0.15, 0.2) is 0 Å². The molecular weight excluding hydrogens is 294 g/mol. The third kappa shape index (κ3) is 13.2. The summed E-state index contributed by atoms with van der Waals surface area (Å²) in [5.74, 6) is -0.281. The Balaban J connectivity index is 3.92. The minimum Gasteiger partial charge on any atom is -0.748 e. The minimum atomic E-state index is -4.11. The molecule has 0 aromatic rings. The maximum absolute atomic E-state index is 10.7. The van der Waals surface area contributed by atoms with Crippen LogP contribution in [-0.4, -0.2) is 76.3 Å². The lowest BCUT2D eigenvalue weighted by atomic mass is 10.3. The van der Waals surface area contributed by atoms with Gasteiger partial charge in [-0.3, -0.25) is 0 Å². The zero-order chi connectivity index (χ0) is 16.2. The molecule has 21 heavy (non-hydrogen) atoms. The quantitative estimate of drug-likeness (QED) is 0.273. The summed E-state index contributed by atoms with van der Waals surface area (Å²) in [6.07, 6.45) is 2.43. The highest BCUT2D eigenvalue weighted by molar-refractivity contribution is 7.85. The van der Waals surface area contributed by atoms with Gasteiger partial charge >= 0.3 is 0 Å². The van der Waals surface area contributed by atoms with Gasteiger partial charge in [0.15, 0.2) is 0 Å². The summed E-state index contributed by atoms with van der Waals surface area (Å²) < 4.78 is 43.6. The fraction of sp³-hybridized carbons (Fsp3) is 1.00. The van der Waals surface area contributed by atoms with Gasteiger partial charge in [-0.05, 0) is 12.8 Å². The first kappa shape index (κ1) is 20.8. The van der Waals surface area contributed by atoms with Crippen molar-refractivity contribution in [3.63, 3.8) is 0 Å². The average molecular weight is 325 g/mol. The molecule has 0 aromatic carbocycles. The number of quaternary nitrogens is 1. The number of hydrogen-bond donors (Lipinski definition) is 0. The Bertz CT molecular complexity index is 347. The van der Waals surface area contributed by atoms with Crippen molar-refractivity contribution >= 4 is 10.1 Å². The molecule has 0 saturated carbocycles. The van der Waals surface area contributed by atoms with E-state index in [4.69, 9.17) is 9.47 Å². The largest absolute Gasteiger partial charge is 0.748 e. The molecule has 1 atom stereocenters. The number of rotatable bonds is 14. The van der Waals surface area contributed by atoms with Crippen molar-refractivity contribution in [3.05, 3.63) is 0 Å². The van der Waals surface area contributed by atoms with E-state index in [0.717, 1.165) is 37.0 Å². The highest BCUT2D eigenvalue weighted by atomic mass is 32.2. The van der Waals surface area contributed by atoms with Crippen LogP contribution in [0.2, 0.25) is 0 Å². The Hall–Kier alpha value is -0.210. The second kappa shape index (κ2) is 11.4. The monoisotopic (exact) mass is 325 g/mol. The van der Waals surface area contributed by atoms with Gasteiger partial charge in [0.2, 0.25) is 0 Å². The van der Waals surface area contributed by atoms with Crippen molar-refractivity contribution in [2.45, 2.75) is 33.1 Å². The summed E-state index contributed by atoms with van der Waals surface area (Å²) >= 11 is 0. The van der Waals surface area contributed by atoms with E-state index in [9.17, 15) is 13.0 Å². The van der Waals surface area contributed by atoms with E-state index < -0.39 is 10.1 Å². The van der Waals surface area contributed by atoms with Gasteiger partial charge in [-0.1, -0.05) is 13.8 Å². The highest BCUT2D eigenvalue weighted by Crippen LogP contribution is 2.07. The van der Waals surface area contributed by atoms with Crippen LogP contribution < -0.4 is 0 Å². The van der Waals surface area contributed by atoms with Crippen LogP contribution in [0, 0.1) is 0 Å². The molecule has 0 saturated heterocycles. The maximum Gasteiger partial charge on any atom is 0.102 e. The van der Waals surface area contributed by atoms with Crippen molar-refractivity contribution in [2.75, 3.05) is 58.9 Å². The molecule has 0 spiro atoms. The number of nitrogens with zero attached hydrogens (tertiary/aromatic N) is 1. The van der Waals surface area contributed by atoms with E-state index in [2.05, 4.69) is 20.9 Å². The molecule has 0 amide bonds. The van der Waals surface area contributed by atoms with Gasteiger partial charge in [0, 0.05) is 18.8 Å². The molecule has 0 radical (unpaired) electrons. The second-order valence-corrected chi connectivity index (χ2v) is 7.15. The van der Waals surface area contributed by atoms with Crippen molar-refractivity contribution in [3.8, 4) is 0 Å². The average Bonchev–Trinajstić information content (AvgIpc) is 2.36. The summed E-state index contributed by atoms with van der Waals surface area (Å²) in [7, 11) is -2.03. The van der Waals surface area contributed by atoms with Crippen LogP contribution in [0.3, 0.4) is 0 Å². The summed E-state index contributed by atoms with van der Waals surface area (Å²) in [4.78, 5) is 0. The van der Waals surface area contributed by atoms with E-state index in [-0.39, 0.29) is 5.75 Å². The van der Waals surface area contributed by atoms with E-state index in [1.54, 1.807) is 0 Å². The van der Waals surface area contributed by atoms with Gasteiger partial charge in [-0.25, -0.2) is 8.42 Å². The Morgan fingerprint density at radius 3 is 2.05 bits per heavy atom. The lowest BCUT2D eigenvalue weighted by molar-refractivity contribution is -0.910. The number of hydrogen-bond acceptors (Lipinski definition) is 5. The van der Waals surface area contributed by atoms with Crippen LogP contribution >= 0.6 is 0 Å². The zero-order valence-corrected chi connectivity index (χ0v) is 14.5. The molecular formula is C14H31NO5S. The van der Waals surface area contributed by atoms with E-state index in [1.165, 1.54) is 0 Å². The highest BCUT2D eigenvalue weighted by Gasteiger charge is 2.20. The molecule has 0 bridgehead atoms. The predicted octanol–water partition coefficient (Wildman–Crippen LogP) is 1.22. The molecule has 0 aliphatic rings. The van der Waals surface area contributed by atoms with Crippen LogP contribution in [-0.2, 0) is 19.6 Å². The van der Waals surface area contributed by atoms with Crippen LogP contribution in [0.25, 0.3) is 0 Å². The van der Waals surface area contributed by atoms with Crippen LogP contribution in [0.5, 0.6) is 0 Å². The van der Waals surface area contributed by atoms with Gasteiger partial charge < -0.3 is 18.5 Å². The lowest BCUT2D eigenvalue weighted by Crippen LogP contribution is -2.48. The van der Waals surface area contributed by atoms with Crippen molar-refractivity contribution < 1.29 is 26.9 Å². The summed E-state index contributed by atoms with van der Waals surface area (Å²) in [6.45, 7) is 9.20. The third-order valence-corrected chi connectivity index (χ3v) is 4.14. The van der Waals surface area contributed by atoms with E-state index in [1.807, 2.05) is 0 Å². The zero-order valence-electron chi connectivity index (χ0n) is 13.7. The number of ether oxygens (including phenoxy) is 2. The SMILES string of the molecule is CCCOCCOCC[N+](C)(CCC)CCCS(=O)(=O)[O-]. The molecule has 128 valence electrons. The lowest BCUT2D eigenvalue weighted by Gasteiger charge is -2.34.